The summed E-state index contributed by atoms with van der Waals surface area (Å²) in [6, 6.07) is 11.1. The first-order valence-corrected chi connectivity index (χ1v) is 6.14. The number of aryl methyl sites for hydroxylation is 1. The Morgan fingerprint density at radius 1 is 1.29 bits per heavy atom. The first kappa shape index (κ1) is 10.5. The SMILES string of the molecule is c1ccc2c(c1)CCCC2NCc1ccno1. The fourth-order valence-corrected chi connectivity index (χ4v) is 2.52. The van der Waals surface area contributed by atoms with E-state index in [1.807, 2.05) is 6.07 Å². The van der Waals surface area contributed by atoms with Gasteiger partial charge in [0.15, 0.2) is 0 Å². The molecule has 1 aromatic carbocycles. The van der Waals surface area contributed by atoms with Crippen LogP contribution in [0.4, 0.5) is 0 Å². The van der Waals surface area contributed by atoms with Gasteiger partial charge in [-0.05, 0) is 30.4 Å². The molecule has 1 aliphatic carbocycles. The van der Waals surface area contributed by atoms with Crippen LogP contribution in [0.5, 0.6) is 0 Å². The minimum Gasteiger partial charge on any atom is -0.360 e. The number of nitrogens with zero attached hydrogens (tertiary/aromatic N) is 1. The van der Waals surface area contributed by atoms with Crippen LogP contribution in [-0.4, -0.2) is 5.16 Å². The summed E-state index contributed by atoms with van der Waals surface area (Å²) >= 11 is 0. The highest BCUT2D eigenvalue weighted by atomic mass is 16.5. The summed E-state index contributed by atoms with van der Waals surface area (Å²) < 4.78 is 5.10. The van der Waals surface area contributed by atoms with Crippen molar-refractivity contribution in [1.29, 1.82) is 0 Å². The molecule has 3 rings (SSSR count). The number of aromatic nitrogens is 1. The molecule has 0 fully saturated rings. The Labute approximate surface area is 101 Å². The van der Waals surface area contributed by atoms with E-state index in [0.717, 1.165) is 12.3 Å². The molecule has 1 aromatic heterocycles. The van der Waals surface area contributed by atoms with Gasteiger partial charge >= 0.3 is 0 Å². The fraction of sp³-hybridized carbons (Fsp3) is 0.357. The number of hydrogen-bond donors (Lipinski definition) is 1. The molecule has 2 aromatic rings. The van der Waals surface area contributed by atoms with Gasteiger partial charge in [-0.3, -0.25) is 0 Å². The van der Waals surface area contributed by atoms with Gasteiger partial charge in [-0.1, -0.05) is 29.4 Å². The average molecular weight is 228 g/mol. The van der Waals surface area contributed by atoms with Gasteiger partial charge in [0, 0.05) is 12.1 Å². The Morgan fingerprint density at radius 3 is 3.12 bits per heavy atom. The number of benzene rings is 1. The molecule has 88 valence electrons. The number of hydrogen-bond acceptors (Lipinski definition) is 3. The molecule has 0 aliphatic heterocycles. The molecule has 1 unspecified atom stereocenters. The van der Waals surface area contributed by atoms with Crippen LogP contribution >= 0.6 is 0 Å². The van der Waals surface area contributed by atoms with Crippen LogP contribution in [0.3, 0.4) is 0 Å². The van der Waals surface area contributed by atoms with Crippen molar-refractivity contribution in [2.45, 2.75) is 31.8 Å². The summed E-state index contributed by atoms with van der Waals surface area (Å²) in [6.45, 7) is 0.749. The van der Waals surface area contributed by atoms with Gasteiger partial charge < -0.3 is 9.84 Å². The molecule has 3 heteroatoms. The molecule has 0 saturated carbocycles. The van der Waals surface area contributed by atoms with Crippen molar-refractivity contribution in [3.8, 4) is 0 Å². The average Bonchev–Trinajstić information content (AvgIpc) is 2.89. The maximum Gasteiger partial charge on any atom is 0.150 e. The van der Waals surface area contributed by atoms with Gasteiger partial charge in [-0.25, -0.2) is 0 Å². The van der Waals surface area contributed by atoms with Crippen molar-refractivity contribution in [3.05, 3.63) is 53.4 Å². The normalized spacial score (nSPS) is 18.9. The highest BCUT2D eigenvalue weighted by Gasteiger charge is 2.19. The van der Waals surface area contributed by atoms with Crippen LogP contribution in [0.1, 0.15) is 35.8 Å². The van der Waals surface area contributed by atoms with E-state index >= 15 is 0 Å². The molecule has 3 nitrogen and oxygen atoms in total. The van der Waals surface area contributed by atoms with Crippen molar-refractivity contribution in [2.75, 3.05) is 0 Å². The first-order valence-electron chi connectivity index (χ1n) is 6.14. The first-order chi connectivity index (χ1) is 8.43. The third-order valence-corrected chi connectivity index (χ3v) is 3.38. The second-order valence-electron chi connectivity index (χ2n) is 4.50. The van der Waals surface area contributed by atoms with Gasteiger partial charge in [-0.2, -0.15) is 0 Å². The Morgan fingerprint density at radius 2 is 2.24 bits per heavy atom. The van der Waals surface area contributed by atoms with E-state index < -0.39 is 0 Å². The van der Waals surface area contributed by atoms with Gasteiger partial charge in [0.25, 0.3) is 0 Å². The molecule has 0 bridgehead atoms. The standard InChI is InChI=1S/C14H16N2O/c1-2-6-13-11(4-1)5-3-7-14(13)15-10-12-8-9-16-17-12/h1-2,4,6,8-9,14-15H,3,5,7,10H2. The molecular weight excluding hydrogens is 212 g/mol. The van der Waals surface area contributed by atoms with Crippen LogP contribution < -0.4 is 5.32 Å². The minimum absolute atomic E-state index is 0.449. The van der Waals surface area contributed by atoms with Gasteiger partial charge in [0.2, 0.25) is 0 Å². The van der Waals surface area contributed by atoms with Gasteiger partial charge in [-0.15, -0.1) is 0 Å². The quantitative estimate of drug-likeness (QED) is 0.877. The minimum atomic E-state index is 0.449. The zero-order chi connectivity index (χ0) is 11.5. The highest BCUT2D eigenvalue weighted by molar-refractivity contribution is 5.32. The van der Waals surface area contributed by atoms with E-state index in [2.05, 4.69) is 34.7 Å². The predicted molar refractivity (Wildman–Crippen MR) is 65.5 cm³/mol. The number of rotatable bonds is 3. The lowest BCUT2D eigenvalue weighted by molar-refractivity contribution is 0.355. The maximum atomic E-state index is 5.10. The van der Waals surface area contributed by atoms with E-state index in [1.54, 1.807) is 6.20 Å². The smallest absolute Gasteiger partial charge is 0.150 e. The summed E-state index contributed by atoms with van der Waals surface area (Å²) in [5.41, 5.74) is 2.92. The van der Waals surface area contributed by atoms with Crippen LogP contribution in [0, 0.1) is 0 Å². The molecular formula is C14H16N2O. The Kier molecular flexibility index (Phi) is 2.92. The topological polar surface area (TPSA) is 38.1 Å². The molecule has 0 spiro atoms. The molecule has 0 amide bonds. The molecule has 0 radical (unpaired) electrons. The zero-order valence-corrected chi connectivity index (χ0v) is 9.73. The van der Waals surface area contributed by atoms with Crippen molar-refractivity contribution >= 4 is 0 Å². The maximum absolute atomic E-state index is 5.10. The number of fused-ring (bicyclic) bond motifs is 1. The van der Waals surface area contributed by atoms with E-state index in [4.69, 9.17) is 4.52 Å². The van der Waals surface area contributed by atoms with Crippen LogP contribution in [0.15, 0.2) is 41.1 Å². The monoisotopic (exact) mass is 228 g/mol. The summed E-state index contributed by atoms with van der Waals surface area (Å²) in [4.78, 5) is 0. The second kappa shape index (κ2) is 4.72. The summed E-state index contributed by atoms with van der Waals surface area (Å²) in [7, 11) is 0. The van der Waals surface area contributed by atoms with E-state index in [9.17, 15) is 0 Å². The van der Waals surface area contributed by atoms with Crippen molar-refractivity contribution in [3.63, 3.8) is 0 Å². The molecule has 1 atom stereocenters. The van der Waals surface area contributed by atoms with Crippen molar-refractivity contribution < 1.29 is 4.52 Å². The van der Waals surface area contributed by atoms with Gasteiger partial charge in [0.05, 0.1) is 12.7 Å². The molecule has 17 heavy (non-hydrogen) atoms. The molecule has 1 N–H and O–H groups in total. The van der Waals surface area contributed by atoms with Crippen LogP contribution in [0.2, 0.25) is 0 Å². The second-order valence-corrected chi connectivity index (χ2v) is 4.50. The Balaban J connectivity index is 1.72. The molecule has 1 aliphatic rings. The lowest BCUT2D eigenvalue weighted by Gasteiger charge is -2.26. The third-order valence-electron chi connectivity index (χ3n) is 3.38. The lowest BCUT2D eigenvalue weighted by atomic mass is 9.88. The zero-order valence-electron chi connectivity index (χ0n) is 9.73. The highest BCUT2D eigenvalue weighted by Crippen LogP contribution is 2.29. The van der Waals surface area contributed by atoms with Gasteiger partial charge in [0.1, 0.15) is 5.76 Å². The number of nitrogens with one attached hydrogen (secondary N) is 1. The summed E-state index contributed by atoms with van der Waals surface area (Å²) in [6.07, 6.45) is 5.35. The largest absolute Gasteiger partial charge is 0.360 e. The molecule has 1 heterocycles. The lowest BCUT2D eigenvalue weighted by Crippen LogP contribution is -2.24. The van der Waals surface area contributed by atoms with E-state index in [-0.39, 0.29) is 0 Å². The predicted octanol–water partition coefficient (Wildman–Crippen LogP) is 2.84. The van der Waals surface area contributed by atoms with Crippen LogP contribution in [-0.2, 0) is 13.0 Å². The molecule has 0 saturated heterocycles. The summed E-state index contributed by atoms with van der Waals surface area (Å²) in [5, 5.41) is 7.26. The third kappa shape index (κ3) is 2.24. The Bertz CT molecular complexity index is 479. The Hall–Kier alpha value is -1.61. The van der Waals surface area contributed by atoms with Crippen molar-refractivity contribution in [2.24, 2.45) is 0 Å². The summed E-state index contributed by atoms with van der Waals surface area (Å²) in [5.74, 6) is 0.896. The van der Waals surface area contributed by atoms with E-state index in [1.165, 1.54) is 30.4 Å². The van der Waals surface area contributed by atoms with E-state index in [0.29, 0.717) is 6.04 Å². The van der Waals surface area contributed by atoms with Crippen molar-refractivity contribution in [1.82, 2.24) is 10.5 Å². The fourth-order valence-electron chi connectivity index (χ4n) is 2.52. The van der Waals surface area contributed by atoms with Crippen LogP contribution in [0.25, 0.3) is 0 Å².